The Kier molecular flexibility index (Phi) is 4.28. The van der Waals surface area contributed by atoms with Crippen molar-refractivity contribution in [2.24, 2.45) is 0 Å². The molecule has 0 spiro atoms. The highest BCUT2D eigenvalue weighted by atomic mass is 19.4. The fourth-order valence-corrected chi connectivity index (χ4v) is 3.06. The number of nitrogens with zero attached hydrogens (tertiary/aromatic N) is 6. The number of alkyl halides is 3. The number of hydrogen-bond donors (Lipinski definition) is 0. The first-order chi connectivity index (χ1) is 12.9. The number of aromatic nitrogens is 5. The van der Waals surface area contributed by atoms with Crippen molar-refractivity contribution in [2.75, 3.05) is 11.4 Å². The van der Waals surface area contributed by atoms with Crippen molar-refractivity contribution in [1.82, 2.24) is 25.3 Å². The van der Waals surface area contributed by atoms with Crippen LogP contribution in [0.3, 0.4) is 0 Å². The third-order valence-corrected chi connectivity index (χ3v) is 4.30. The second kappa shape index (κ2) is 6.63. The highest BCUT2D eigenvalue weighted by Gasteiger charge is 2.38. The Balaban J connectivity index is 1.58. The highest BCUT2D eigenvalue weighted by molar-refractivity contribution is 5.56. The summed E-state index contributed by atoms with van der Waals surface area (Å²) >= 11 is 0. The van der Waals surface area contributed by atoms with Crippen molar-refractivity contribution in [1.29, 1.82) is 0 Å². The third-order valence-electron chi connectivity index (χ3n) is 4.30. The van der Waals surface area contributed by atoms with Crippen molar-refractivity contribution < 1.29 is 22.2 Å². The Bertz CT molecular complexity index is 921. The Morgan fingerprint density at radius 1 is 1.11 bits per heavy atom. The second-order valence-electron chi connectivity index (χ2n) is 6.21. The van der Waals surface area contributed by atoms with E-state index in [1.807, 2.05) is 0 Å². The van der Waals surface area contributed by atoms with Crippen LogP contribution in [0.25, 0.3) is 11.4 Å². The molecule has 4 rings (SSSR count). The zero-order valence-electron chi connectivity index (χ0n) is 14.3. The van der Waals surface area contributed by atoms with E-state index in [2.05, 4.69) is 34.7 Å². The maximum atomic E-state index is 12.6. The molecular weight excluding hydrogens is 365 g/mol. The summed E-state index contributed by atoms with van der Waals surface area (Å²) in [5.41, 5.74) is 0.334. The molecule has 1 aliphatic rings. The van der Waals surface area contributed by atoms with Gasteiger partial charge in [0.25, 0.3) is 0 Å². The van der Waals surface area contributed by atoms with E-state index in [1.165, 1.54) is 6.20 Å². The molecule has 8 nitrogen and oxygen atoms in total. The van der Waals surface area contributed by atoms with Crippen LogP contribution in [0.1, 0.15) is 42.9 Å². The van der Waals surface area contributed by atoms with Crippen LogP contribution in [-0.4, -0.2) is 31.8 Å². The van der Waals surface area contributed by atoms with Crippen molar-refractivity contribution in [3.05, 3.63) is 35.9 Å². The zero-order valence-corrected chi connectivity index (χ0v) is 14.3. The first-order valence-corrected chi connectivity index (χ1v) is 8.36. The normalized spacial score (nSPS) is 18.1. The van der Waals surface area contributed by atoms with E-state index in [1.54, 1.807) is 19.1 Å². The number of anilines is 1. The van der Waals surface area contributed by atoms with E-state index in [4.69, 9.17) is 4.52 Å². The Morgan fingerprint density at radius 2 is 1.96 bits per heavy atom. The van der Waals surface area contributed by atoms with Crippen LogP contribution in [0.5, 0.6) is 0 Å². The highest BCUT2D eigenvalue weighted by Crippen LogP contribution is 2.34. The fraction of sp³-hybridized carbons (Fsp3) is 0.438. The molecular formula is C16H15F3N6O2. The summed E-state index contributed by atoms with van der Waals surface area (Å²) in [7, 11) is 0. The minimum Gasteiger partial charge on any atom is -0.345 e. The number of aryl methyl sites for hydroxylation is 1. The first kappa shape index (κ1) is 17.4. The van der Waals surface area contributed by atoms with Gasteiger partial charge in [-0.05, 0) is 38.3 Å². The van der Waals surface area contributed by atoms with Crippen molar-refractivity contribution in [3.8, 4) is 11.4 Å². The minimum atomic E-state index is -4.68. The molecule has 1 aliphatic heterocycles. The molecule has 0 unspecified atom stereocenters. The standard InChI is InChI=1S/C16H15F3N6O2/c1-9-21-14(26-23-9)11-4-2-3-7-25(11)12-6-5-10(8-20-12)13-22-15(27-24-13)16(17,18)19/h5-6,8,11H,2-4,7H2,1H3/t11-/m0/s1. The smallest absolute Gasteiger partial charge is 0.345 e. The van der Waals surface area contributed by atoms with E-state index in [0.29, 0.717) is 23.1 Å². The van der Waals surface area contributed by atoms with Gasteiger partial charge in [0.05, 0.1) is 0 Å². The molecule has 0 radical (unpaired) electrons. The molecule has 0 bridgehead atoms. The van der Waals surface area contributed by atoms with Gasteiger partial charge >= 0.3 is 12.1 Å². The van der Waals surface area contributed by atoms with Gasteiger partial charge in [0.1, 0.15) is 11.9 Å². The molecule has 0 aromatic carbocycles. The quantitative estimate of drug-likeness (QED) is 0.681. The van der Waals surface area contributed by atoms with Gasteiger partial charge in [0, 0.05) is 18.3 Å². The molecule has 0 aliphatic carbocycles. The summed E-state index contributed by atoms with van der Waals surface area (Å²) < 4.78 is 47.3. The van der Waals surface area contributed by atoms with Gasteiger partial charge < -0.3 is 13.9 Å². The van der Waals surface area contributed by atoms with Crippen LogP contribution in [0, 0.1) is 6.92 Å². The van der Waals surface area contributed by atoms with E-state index in [-0.39, 0.29) is 11.9 Å². The number of halogens is 3. The summed E-state index contributed by atoms with van der Waals surface area (Å²) in [4.78, 5) is 14.1. The molecule has 1 atom stereocenters. The molecule has 4 heterocycles. The van der Waals surface area contributed by atoms with E-state index in [9.17, 15) is 13.2 Å². The maximum Gasteiger partial charge on any atom is 0.471 e. The van der Waals surface area contributed by atoms with Crippen LogP contribution in [-0.2, 0) is 6.18 Å². The molecule has 1 fully saturated rings. The average Bonchev–Trinajstić information content (AvgIpc) is 3.31. The van der Waals surface area contributed by atoms with Crippen molar-refractivity contribution in [3.63, 3.8) is 0 Å². The molecule has 3 aromatic rings. The summed E-state index contributed by atoms with van der Waals surface area (Å²) in [6.07, 6.45) is -0.381. The largest absolute Gasteiger partial charge is 0.471 e. The molecule has 0 saturated carbocycles. The SMILES string of the molecule is Cc1noc([C@@H]2CCCCN2c2ccc(-c3noc(C(F)(F)F)n3)cn2)n1. The van der Waals surface area contributed by atoms with Crippen LogP contribution in [0.4, 0.5) is 19.0 Å². The van der Waals surface area contributed by atoms with Gasteiger partial charge in [-0.15, -0.1) is 0 Å². The average molecular weight is 380 g/mol. The third kappa shape index (κ3) is 3.49. The lowest BCUT2D eigenvalue weighted by Gasteiger charge is -2.34. The van der Waals surface area contributed by atoms with Gasteiger partial charge in [-0.2, -0.15) is 23.1 Å². The lowest BCUT2D eigenvalue weighted by atomic mass is 10.0. The van der Waals surface area contributed by atoms with Crippen LogP contribution >= 0.6 is 0 Å². The zero-order chi connectivity index (χ0) is 19.0. The Morgan fingerprint density at radius 3 is 2.59 bits per heavy atom. The Labute approximate surface area is 151 Å². The van der Waals surface area contributed by atoms with Gasteiger partial charge in [0.15, 0.2) is 5.82 Å². The molecule has 1 saturated heterocycles. The van der Waals surface area contributed by atoms with Crippen LogP contribution in [0.15, 0.2) is 27.4 Å². The monoisotopic (exact) mass is 380 g/mol. The molecule has 0 N–H and O–H groups in total. The molecule has 0 amide bonds. The van der Waals surface area contributed by atoms with Gasteiger partial charge in [-0.25, -0.2) is 4.98 Å². The molecule has 11 heteroatoms. The van der Waals surface area contributed by atoms with E-state index in [0.717, 1.165) is 25.8 Å². The lowest BCUT2D eigenvalue weighted by Crippen LogP contribution is -2.34. The number of piperidine rings is 1. The van der Waals surface area contributed by atoms with Gasteiger partial charge in [-0.1, -0.05) is 10.3 Å². The summed E-state index contributed by atoms with van der Waals surface area (Å²) in [5.74, 6) is 0.217. The van der Waals surface area contributed by atoms with E-state index < -0.39 is 12.1 Å². The second-order valence-corrected chi connectivity index (χ2v) is 6.21. The van der Waals surface area contributed by atoms with Crippen molar-refractivity contribution >= 4 is 5.82 Å². The maximum absolute atomic E-state index is 12.6. The van der Waals surface area contributed by atoms with E-state index >= 15 is 0 Å². The molecule has 27 heavy (non-hydrogen) atoms. The fourth-order valence-electron chi connectivity index (χ4n) is 3.06. The number of hydrogen-bond acceptors (Lipinski definition) is 8. The van der Waals surface area contributed by atoms with Crippen molar-refractivity contribution in [2.45, 2.75) is 38.4 Å². The topological polar surface area (TPSA) is 94.0 Å². The number of rotatable bonds is 3. The predicted octanol–water partition coefficient (Wildman–Crippen LogP) is 3.57. The minimum absolute atomic E-state index is 0.0830. The molecule has 142 valence electrons. The predicted molar refractivity (Wildman–Crippen MR) is 85.5 cm³/mol. The summed E-state index contributed by atoms with van der Waals surface area (Å²) in [6.45, 7) is 2.52. The molecule has 3 aromatic heterocycles. The first-order valence-electron chi connectivity index (χ1n) is 8.36. The van der Waals surface area contributed by atoms with Crippen LogP contribution in [0.2, 0.25) is 0 Å². The Hall–Kier alpha value is -2.98. The number of pyridine rings is 1. The summed E-state index contributed by atoms with van der Waals surface area (Å²) in [6, 6.07) is 3.23. The summed E-state index contributed by atoms with van der Waals surface area (Å²) in [5, 5.41) is 7.21. The van der Waals surface area contributed by atoms with Gasteiger partial charge in [0.2, 0.25) is 11.7 Å². The van der Waals surface area contributed by atoms with Gasteiger partial charge in [-0.3, -0.25) is 0 Å². The van der Waals surface area contributed by atoms with Crippen LogP contribution < -0.4 is 4.90 Å². The lowest BCUT2D eigenvalue weighted by molar-refractivity contribution is -0.159.